The fraction of sp³-hybridized carbons (Fsp3) is 0.583. The molecular weight excluding hydrogens is 396 g/mol. The van der Waals surface area contributed by atoms with Crippen molar-refractivity contribution in [1.82, 2.24) is 4.90 Å². The van der Waals surface area contributed by atoms with E-state index in [9.17, 15) is 9.59 Å². The monoisotopic (exact) mass is 428 g/mol. The van der Waals surface area contributed by atoms with Crippen molar-refractivity contribution >= 4 is 17.7 Å². The van der Waals surface area contributed by atoms with Crippen molar-refractivity contribution in [2.24, 2.45) is 0 Å². The van der Waals surface area contributed by atoms with Crippen molar-refractivity contribution in [3.63, 3.8) is 0 Å². The fourth-order valence-corrected chi connectivity index (χ4v) is 4.67. The third-order valence-corrected chi connectivity index (χ3v) is 6.45. The quantitative estimate of drug-likeness (QED) is 0.669. The molecule has 3 aliphatic heterocycles. The number of benzene rings is 1. The van der Waals surface area contributed by atoms with Crippen LogP contribution in [-0.2, 0) is 14.2 Å². The molecule has 3 atom stereocenters. The predicted octanol–water partition coefficient (Wildman–Crippen LogP) is 4.31. The van der Waals surface area contributed by atoms with E-state index in [0.717, 1.165) is 49.7 Å². The lowest BCUT2D eigenvalue weighted by atomic mass is 9.99. The highest BCUT2D eigenvalue weighted by Crippen LogP contribution is 2.38. The Morgan fingerprint density at radius 3 is 2.71 bits per heavy atom. The standard InChI is InChI=1S/C24H32N2O5/c1-4-12-30-24(28)26-20-15-17(3)16(2)14-18(20)22(27)25-11-7-5-9-19(25)23(26)31-21-10-6-8-13-29-21/h4,14-15,19,21,23H,1,5-13H2,2-3H3/t19-,21?,23?/m0/s1. The first kappa shape index (κ1) is 21.8. The van der Waals surface area contributed by atoms with E-state index in [0.29, 0.717) is 24.4 Å². The maximum Gasteiger partial charge on any atom is 0.416 e. The van der Waals surface area contributed by atoms with Gasteiger partial charge in [-0.3, -0.25) is 4.79 Å². The molecule has 0 saturated carbocycles. The van der Waals surface area contributed by atoms with Crippen LogP contribution in [0.15, 0.2) is 24.8 Å². The Labute approximate surface area is 183 Å². The smallest absolute Gasteiger partial charge is 0.416 e. The molecule has 2 saturated heterocycles. The molecule has 2 amide bonds. The van der Waals surface area contributed by atoms with Crippen LogP contribution in [0, 0.1) is 13.8 Å². The zero-order valence-electron chi connectivity index (χ0n) is 18.5. The minimum atomic E-state index is -0.673. The van der Waals surface area contributed by atoms with Gasteiger partial charge in [0.15, 0.2) is 12.5 Å². The molecule has 0 aliphatic carbocycles. The number of piperidine rings is 1. The number of anilines is 1. The van der Waals surface area contributed by atoms with Gasteiger partial charge < -0.3 is 19.1 Å². The van der Waals surface area contributed by atoms with Gasteiger partial charge in [-0.1, -0.05) is 12.7 Å². The zero-order valence-corrected chi connectivity index (χ0v) is 18.5. The van der Waals surface area contributed by atoms with Gasteiger partial charge in [-0.2, -0.15) is 0 Å². The first-order valence-electron chi connectivity index (χ1n) is 11.3. The summed E-state index contributed by atoms with van der Waals surface area (Å²) >= 11 is 0. The maximum absolute atomic E-state index is 13.6. The lowest BCUT2D eigenvalue weighted by molar-refractivity contribution is -0.198. The number of ether oxygens (including phenoxy) is 3. The Bertz CT molecular complexity index is 849. The van der Waals surface area contributed by atoms with Crippen molar-refractivity contribution < 1.29 is 23.8 Å². The second-order valence-electron chi connectivity index (χ2n) is 8.57. The van der Waals surface area contributed by atoms with Gasteiger partial charge in [-0.25, -0.2) is 9.69 Å². The number of carbonyl (C=O) groups is 2. The fourth-order valence-electron chi connectivity index (χ4n) is 4.67. The van der Waals surface area contributed by atoms with Gasteiger partial charge in [0.2, 0.25) is 0 Å². The van der Waals surface area contributed by atoms with Crippen LogP contribution in [0.3, 0.4) is 0 Å². The van der Waals surface area contributed by atoms with E-state index in [1.165, 1.54) is 11.0 Å². The van der Waals surface area contributed by atoms with Crippen LogP contribution in [0.1, 0.15) is 60.0 Å². The molecule has 0 radical (unpaired) electrons. The second-order valence-corrected chi connectivity index (χ2v) is 8.57. The molecule has 3 heterocycles. The Balaban J connectivity index is 1.82. The van der Waals surface area contributed by atoms with Crippen molar-refractivity contribution in [2.75, 3.05) is 24.7 Å². The minimum absolute atomic E-state index is 0.0556. The van der Waals surface area contributed by atoms with Gasteiger partial charge in [0.25, 0.3) is 5.91 Å². The highest BCUT2D eigenvalue weighted by Gasteiger charge is 2.46. The number of aryl methyl sites for hydroxylation is 2. The molecule has 168 valence electrons. The first-order chi connectivity index (χ1) is 15.0. The van der Waals surface area contributed by atoms with Gasteiger partial charge in [0, 0.05) is 13.2 Å². The molecule has 2 unspecified atom stereocenters. The van der Waals surface area contributed by atoms with Crippen LogP contribution in [0.5, 0.6) is 0 Å². The topological polar surface area (TPSA) is 68.3 Å². The average molecular weight is 429 g/mol. The number of nitrogens with zero attached hydrogens (tertiary/aromatic N) is 2. The van der Waals surface area contributed by atoms with Crippen LogP contribution in [0.25, 0.3) is 0 Å². The van der Waals surface area contributed by atoms with E-state index in [-0.39, 0.29) is 18.6 Å². The second kappa shape index (κ2) is 9.40. The summed E-state index contributed by atoms with van der Waals surface area (Å²) in [6.07, 6.45) is 5.40. The van der Waals surface area contributed by atoms with E-state index >= 15 is 0 Å². The predicted molar refractivity (Wildman–Crippen MR) is 117 cm³/mol. The summed E-state index contributed by atoms with van der Waals surface area (Å²) < 4.78 is 17.8. The van der Waals surface area contributed by atoms with Crippen molar-refractivity contribution in [2.45, 2.75) is 70.9 Å². The van der Waals surface area contributed by atoms with E-state index in [1.54, 1.807) is 0 Å². The molecule has 1 aromatic carbocycles. The first-order valence-corrected chi connectivity index (χ1v) is 11.3. The van der Waals surface area contributed by atoms with Crippen LogP contribution < -0.4 is 4.90 Å². The Morgan fingerprint density at radius 1 is 1.19 bits per heavy atom. The van der Waals surface area contributed by atoms with E-state index in [2.05, 4.69) is 6.58 Å². The van der Waals surface area contributed by atoms with Crippen molar-refractivity contribution in [1.29, 1.82) is 0 Å². The molecule has 31 heavy (non-hydrogen) atoms. The molecule has 4 rings (SSSR count). The highest BCUT2D eigenvalue weighted by atomic mass is 16.7. The van der Waals surface area contributed by atoms with Gasteiger partial charge >= 0.3 is 6.09 Å². The van der Waals surface area contributed by atoms with Crippen molar-refractivity contribution in [3.8, 4) is 0 Å². The maximum atomic E-state index is 13.6. The summed E-state index contributed by atoms with van der Waals surface area (Å²) in [7, 11) is 0. The average Bonchev–Trinajstić information content (AvgIpc) is 2.87. The molecule has 3 aliphatic rings. The summed E-state index contributed by atoms with van der Waals surface area (Å²) in [4.78, 5) is 30.3. The number of carbonyl (C=O) groups excluding carboxylic acids is 2. The van der Waals surface area contributed by atoms with E-state index < -0.39 is 18.6 Å². The normalized spacial score (nSPS) is 26.0. The number of hydrogen-bond acceptors (Lipinski definition) is 5. The Morgan fingerprint density at radius 2 is 1.97 bits per heavy atom. The van der Waals surface area contributed by atoms with Gasteiger partial charge in [-0.15, -0.1) is 0 Å². The lowest BCUT2D eigenvalue weighted by Gasteiger charge is -2.42. The number of fused-ring (bicyclic) bond motifs is 2. The summed E-state index contributed by atoms with van der Waals surface area (Å²) in [6.45, 7) is 8.98. The van der Waals surface area contributed by atoms with E-state index in [4.69, 9.17) is 14.2 Å². The van der Waals surface area contributed by atoms with Gasteiger partial charge in [0.1, 0.15) is 6.61 Å². The number of hydrogen-bond donors (Lipinski definition) is 0. The van der Waals surface area contributed by atoms with Gasteiger partial charge in [0.05, 0.1) is 17.3 Å². The Hall–Kier alpha value is -2.38. The molecular formula is C24H32N2O5. The van der Waals surface area contributed by atoms with Crippen LogP contribution >= 0.6 is 0 Å². The summed E-state index contributed by atoms with van der Waals surface area (Å²) in [6, 6.07) is 3.52. The molecule has 0 spiro atoms. The third kappa shape index (κ3) is 4.34. The summed E-state index contributed by atoms with van der Waals surface area (Å²) in [5.41, 5.74) is 3.06. The lowest BCUT2D eigenvalue weighted by Crippen LogP contribution is -2.57. The third-order valence-electron chi connectivity index (χ3n) is 6.45. The highest BCUT2D eigenvalue weighted by molar-refractivity contribution is 6.05. The van der Waals surface area contributed by atoms with Gasteiger partial charge in [-0.05, 0) is 75.6 Å². The SMILES string of the molecule is C=CCOC(=O)N1c2cc(C)c(C)cc2C(=O)N2CCCC[C@H]2C1OC1CCCCO1. The number of rotatable bonds is 4. The van der Waals surface area contributed by atoms with Crippen LogP contribution in [0.2, 0.25) is 0 Å². The molecule has 0 N–H and O–H groups in total. The van der Waals surface area contributed by atoms with Crippen LogP contribution in [0.4, 0.5) is 10.5 Å². The summed E-state index contributed by atoms with van der Waals surface area (Å²) in [5.74, 6) is -0.0556. The molecule has 0 bridgehead atoms. The van der Waals surface area contributed by atoms with Crippen molar-refractivity contribution in [3.05, 3.63) is 41.5 Å². The van der Waals surface area contributed by atoms with Crippen LogP contribution in [-0.4, -0.2) is 55.2 Å². The number of amides is 2. The minimum Gasteiger partial charge on any atom is -0.445 e. The molecule has 7 nitrogen and oxygen atoms in total. The summed E-state index contributed by atoms with van der Waals surface area (Å²) in [5, 5.41) is 0. The zero-order chi connectivity index (χ0) is 22.0. The molecule has 2 fully saturated rings. The Kier molecular flexibility index (Phi) is 6.62. The van der Waals surface area contributed by atoms with E-state index in [1.807, 2.05) is 30.9 Å². The molecule has 1 aromatic rings. The largest absolute Gasteiger partial charge is 0.445 e. The molecule has 7 heteroatoms. The molecule has 0 aromatic heterocycles.